The molecule has 5 atom stereocenters. The van der Waals surface area contributed by atoms with E-state index in [1.54, 1.807) is 6.92 Å². The average Bonchev–Trinajstić information content (AvgIpc) is 3.23. The van der Waals surface area contributed by atoms with E-state index in [9.17, 15) is 24.3 Å². The molecule has 0 saturated heterocycles. The summed E-state index contributed by atoms with van der Waals surface area (Å²) >= 11 is 2.91. The Kier molecular flexibility index (Phi) is 17.2. The fourth-order valence-corrected chi connectivity index (χ4v) is 5.74. The fraction of sp³-hybridized carbons (Fsp3) is 0.767. The predicted molar refractivity (Wildman–Crippen MR) is 173 cm³/mol. The first-order valence-electron chi connectivity index (χ1n) is 15.0. The van der Waals surface area contributed by atoms with Crippen molar-refractivity contribution >= 4 is 46.9 Å². The molecule has 0 aliphatic heterocycles. The highest BCUT2D eigenvalue weighted by molar-refractivity contribution is 7.98. The number of alkyl carbamates (subject to hydrolysis) is 1. The highest BCUT2D eigenvalue weighted by Crippen LogP contribution is 2.18. The van der Waals surface area contributed by atoms with Crippen LogP contribution in [0.25, 0.3) is 0 Å². The molecule has 13 heteroatoms. The minimum atomic E-state index is -1.03. The molecule has 0 fully saturated rings. The standard InChI is InChI=1S/C30H53N5O6S2/c1-16(2)11-22(25(36)12-19(7)27(37)35-26(18(5)6)29(39)31-13-17(3)4)33-28(38)24(15-42-10)34-30(40)41-14-23-20(8)43-21(9)32-23/h16-19,22,24-26,36H,11-15H2,1-10H3,(H,31,39)(H,33,38)(H,34,40)(H,35,37)/t19-,22-,24+,25+,26-/m1/s1. The van der Waals surface area contributed by atoms with Crippen LogP contribution in [-0.4, -0.2) is 76.7 Å². The quantitative estimate of drug-likeness (QED) is 0.163. The largest absolute Gasteiger partial charge is 0.443 e. The summed E-state index contributed by atoms with van der Waals surface area (Å²) in [6.45, 7) is 17.7. The molecule has 0 unspecified atom stereocenters. The molecule has 0 spiro atoms. The van der Waals surface area contributed by atoms with E-state index >= 15 is 0 Å². The van der Waals surface area contributed by atoms with Gasteiger partial charge in [0.2, 0.25) is 17.7 Å². The lowest BCUT2D eigenvalue weighted by Crippen LogP contribution is -2.54. The van der Waals surface area contributed by atoms with E-state index in [1.807, 2.05) is 61.6 Å². The summed E-state index contributed by atoms with van der Waals surface area (Å²) in [6.07, 6.45) is 0.603. The molecule has 0 aliphatic rings. The lowest BCUT2D eigenvalue weighted by Gasteiger charge is -2.30. The maximum atomic E-state index is 13.3. The summed E-state index contributed by atoms with van der Waals surface area (Å²) in [5, 5.41) is 23.3. The Morgan fingerprint density at radius 2 is 1.56 bits per heavy atom. The van der Waals surface area contributed by atoms with Crippen molar-refractivity contribution in [1.29, 1.82) is 0 Å². The van der Waals surface area contributed by atoms with E-state index in [0.717, 1.165) is 9.88 Å². The summed E-state index contributed by atoms with van der Waals surface area (Å²) in [7, 11) is 0. The number of thioether (sulfide) groups is 1. The molecule has 1 aromatic rings. The number of carbonyl (C=O) groups is 4. The Balaban J connectivity index is 2.85. The molecule has 0 saturated carbocycles. The molecule has 0 radical (unpaired) electrons. The zero-order chi connectivity index (χ0) is 32.9. The van der Waals surface area contributed by atoms with Gasteiger partial charge in [-0.3, -0.25) is 14.4 Å². The molecule has 43 heavy (non-hydrogen) atoms. The van der Waals surface area contributed by atoms with Gasteiger partial charge in [-0.15, -0.1) is 11.3 Å². The summed E-state index contributed by atoms with van der Waals surface area (Å²) in [5.41, 5.74) is 0.678. The van der Waals surface area contributed by atoms with Crippen molar-refractivity contribution in [2.45, 2.75) is 106 Å². The number of nitrogens with one attached hydrogen (secondary N) is 4. The maximum absolute atomic E-state index is 13.3. The van der Waals surface area contributed by atoms with Gasteiger partial charge in [-0.1, -0.05) is 48.5 Å². The minimum Gasteiger partial charge on any atom is -0.443 e. The van der Waals surface area contributed by atoms with E-state index in [0.29, 0.717) is 24.4 Å². The van der Waals surface area contributed by atoms with Gasteiger partial charge in [0.25, 0.3) is 0 Å². The maximum Gasteiger partial charge on any atom is 0.408 e. The van der Waals surface area contributed by atoms with E-state index in [4.69, 9.17) is 4.74 Å². The van der Waals surface area contributed by atoms with Crippen LogP contribution in [0.3, 0.4) is 0 Å². The van der Waals surface area contributed by atoms with Crippen molar-refractivity contribution in [1.82, 2.24) is 26.3 Å². The van der Waals surface area contributed by atoms with Crippen LogP contribution < -0.4 is 21.3 Å². The van der Waals surface area contributed by atoms with Gasteiger partial charge in [-0.2, -0.15) is 11.8 Å². The molecule has 0 aliphatic carbocycles. The number of aliphatic hydroxyl groups excluding tert-OH is 1. The second-order valence-electron chi connectivity index (χ2n) is 12.3. The molecular formula is C30H53N5O6S2. The molecule has 1 aromatic heterocycles. The summed E-state index contributed by atoms with van der Waals surface area (Å²) in [4.78, 5) is 56.9. The van der Waals surface area contributed by atoms with Gasteiger partial charge in [0.05, 0.1) is 22.8 Å². The first kappa shape index (κ1) is 38.6. The average molecular weight is 644 g/mol. The van der Waals surface area contributed by atoms with Gasteiger partial charge in [0.15, 0.2) is 0 Å². The van der Waals surface area contributed by atoms with Crippen LogP contribution >= 0.6 is 23.1 Å². The number of aliphatic hydroxyl groups is 1. The highest BCUT2D eigenvalue weighted by Gasteiger charge is 2.31. The number of rotatable bonds is 18. The molecule has 0 aromatic carbocycles. The van der Waals surface area contributed by atoms with Crippen molar-refractivity contribution in [2.75, 3.05) is 18.6 Å². The SMILES string of the molecule is CSC[C@H](NC(=O)OCc1nc(C)sc1C)C(=O)N[C@H](CC(C)C)[C@@H](O)C[C@@H](C)C(=O)N[C@@H](C(=O)NCC(C)C)C(C)C. The van der Waals surface area contributed by atoms with E-state index in [1.165, 1.54) is 23.1 Å². The highest BCUT2D eigenvalue weighted by atomic mass is 32.2. The Bertz CT molecular complexity index is 1050. The lowest BCUT2D eigenvalue weighted by molar-refractivity contribution is -0.132. The third-order valence-corrected chi connectivity index (χ3v) is 8.37. The van der Waals surface area contributed by atoms with Gasteiger partial charge in [0.1, 0.15) is 18.7 Å². The van der Waals surface area contributed by atoms with Gasteiger partial charge in [-0.25, -0.2) is 9.78 Å². The molecular weight excluding hydrogens is 590 g/mol. The summed E-state index contributed by atoms with van der Waals surface area (Å²) < 4.78 is 5.32. The Labute approximate surface area is 265 Å². The smallest absolute Gasteiger partial charge is 0.408 e. The van der Waals surface area contributed by atoms with Gasteiger partial charge < -0.3 is 31.1 Å². The second kappa shape index (κ2) is 19.1. The molecule has 246 valence electrons. The molecule has 1 rings (SSSR count). The minimum absolute atomic E-state index is 0.00130. The number of nitrogens with zero attached hydrogens (tertiary/aromatic N) is 1. The van der Waals surface area contributed by atoms with Crippen LogP contribution in [0.15, 0.2) is 0 Å². The summed E-state index contributed by atoms with van der Waals surface area (Å²) in [5.74, 6) is -1.05. The van der Waals surface area contributed by atoms with Crippen LogP contribution in [0.5, 0.6) is 0 Å². The number of hydrogen-bond donors (Lipinski definition) is 5. The van der Waals surface area contributed by atoms with Crippen molar-refractivity contribution in [3.8, 4) is 0 Å². The second-order valence-corrected chi connectivity index (χ2v) is 14.6. The first-order chi connectivity index (χ1) is 20.0. The molecule has 4 amide bonds. The van der Waals surface area contributed by atoms with E-state index < -0.39 is 42.1 Å². The van der Waals surface area contributed by atoms with Gasteiger partial charge >= 0.3 is 6.09 Å². The number of hydrogen-bond acceptors (Lipinski definition) is 9. The van der Waals surface area contributed by atoms with Crippen LogP contribution in [0, 0.1) is 37.5 Å². The van der Waals surface area contributed by atoms with Crippen LogP contribution in [0.2, 0.25) is 0 Å². The lowest BCUT2D eigenvalue weighted by atomic mass is 9.91. The number of carbonyl (C=O) groups excluding carboxylic acids is 4. The van der Waals surface area contributed by atoms with Gasteiger partial charge in [0, 0.05) is 23.1 Å². The van der Waals surface area contributed by atoms with Crippen LogP contribution in [0.4, 0.5) is 4.79 Å². The molecule has 1 heterocycles. The number of ether oxygens (including phenoxy) is 1. The molecule has 5 N–H and O–H groups in total. The Morgan fingerprint density at radius 1 is 0.907 bits per heavy atom. The number of thiazole rings is 1. The van der Waals surface area contributed by atoms with Crippen LogP contribution in [0.1, 0.15) is 76.9 Å². The fourth-order valence-electron chi connectivity index (χ4n) is 4.36. The summed E-state index contributed by atoms with van der Waals surface area (Å²) in [6, 6.07) is -2.24. The number of amides is 4. The van der Waals surface area contributed by atoms with Crippen LogP contribution in [-0.2, 0) is 25.7 Å². The zero-order valence-electron chi connectivity index (χ0n) is 27.4. The number of aryl methyl sites for hydroxylation is 2. The monoisotopic (exact) mass is 643 g/mol. The number of aromatic nitrogens is 1. The zero-order valence-corrected chi connectivity index (χ0v) is 29.0. The van der Waals surface area contributed by atoms with Gasteiger partial charge in [-0.05, 0) is 50.7 Å². The molecule has 0 bridgehead atoms. The third-order valence-electron chi connectivity index (χ3n) is 6.77. The molecule has 11 nitrogen and oxygen atoms in total. The van der Waals surface area contributed by atoms with E-state index in [2.05, 4.69) is 26.3 Å². The topological polar surface area (TPSA) is 159 Å². The normalized spacial score (nSPS) is 15.0. The van der Waals surface area contributed by atoms with E-state index in [-0.39, 0.29) is 42.6 Å². The first-order valence-corrected chi connectivity index (χ1v) is 17.2. The van der Waals surface area contributed by atoms with Crippen molar-refractivity contribution in [2.24, 2.45) is 23.7 Å². The van der Waals surface area contributed by atoms with Crippen molar-refractivity contribution in [3.05, 3.63) is 15.6 Å². The third kappa shape index (κ3) is 14.3. The predicted octanol–water partition coefficient (Wildman–Crippen LogP) is 3.55. The van der Waals surface area contributed by atoms with Crippen molar-refractivity contribution < 1.29 is 29.0 Å². The van der Waals surface area contributed by atoms with Crippen molar-refractivity contribution in [3.63, 3.8) is 0 Å². The Hall–Kier alpha value is -2.38. The Morgan fingerprint density at radius 3 is 2.07 bits per heavy atom.